The standard InChI is InChI=1S/C15H15NO2/c17-10-5-7-16-8-6-12-11-3-1-2-4-14(11)18-15(12)13(16)9-10/h1-4,13H,5-9H2. The fourth-order valence-electron chi connectivity index (χ4n) is 3.30. The zero-order chi connectivity index (χ0) is 12.1. The Morgan fingerprint density at radius 2 is 2.00 bits per heavy atom. The van der Waals surface area contributed by atoms with Crippen molar-refractivity contribution in [3.63, 3.8) is 0 Å². The molecule has 0 saturated carbocycles. The van der Waals surface area contributed by atoms with Crippen LogP contribution in [-0.4, -0.2) is 23.8 Å². The molecule has 1 aromatic heterocycles. The molecule has 2 aliphatic rings. The van der Waals surface area contributed by atoms with Crippen LogP contribution in [0.4, 0.5) is 0 Å². The van der Waals surface area contributed by atoms with Crippen molar-refractivity contribution in [2.24, 2.45) is 0 Å². The van der Waals surface area contributed by atoms with E-state index in [0.29, 0.717) is 18.6 Å². The van der Waals surface area contributed by atoms with Gasteiger partial charge in [-0.1, -0.05) is 18.2 Å². The molecule has 0 aliphatic carbocycles. The average molecular weight is 241 g/mol. The number of hydrogen-bond donors (Lipinski definition) is 0. The summed E-state index contributed by atoms with van der Waals surface area (Å²) >= 11 is 0. The number of hydrogen-bond acceptors (Lipinski definition) is 3. The summed E-state index contributed by atoms with van der Waals surface area (Å²) in [4.78, 5) is 14.1. The van der Waals surface area contributed by atoms with E-state index in [-0.39, 0.29) is 6.04 Å². The lowest BCUT2D eigenvalue weighted by Gasteiger charge is -2.37. The monoisotopic (exact) mass is 241 g/mol. The first-order valence-corrected chi connectivity index (χ1v) is 6.59. The molecule has 3 heterocycles. The van der Waals surface area contributed by atoms with Crippen LogP contribution in [0.25, 0.3) is 11.0 Å². The quantitative estimate of drug-likeness (QED) is 0.711. The largest absolute Gasteiger partial charge is 0.459 e. The summed E-state index contributed by atoms with van der Waals surface area (Å²) in [6.07, 6.45) is 2.36. The number of carbonyl (C=O) groups excluding carboxylic acids is 1. The number of piperidine rings is 1. The second-order valence-electron chi connectivity index (χ2n) is 5.24. The maximum Gasteiger partial charge on any atom is 0.136 e. The van der Waals surface area contributed by atoms with Gasteiger partial charge in [0.25, 0.3) is 0 Å². The summed E-state index contributed by atoms with van der Waals surface area (Å²) in [7, 11) is 0. The molecule has 2 aliphatic heterocycles. The van der Waals surface area contributed by atoms with E-state index < -0.39 is 0 Å². The van der Waals surface area contributed by atoms with E-state index >= 15 is 0 Å². The second-order valence-corrected chi connectivity index (χ2v) is 5.24. The summed E-state index contributed by atoms with van der Waals surface area (Å²) in [6.45, 7) is 1.94. The normalized spacial score (nSPS) is 24.0. The van der Waals surface area contributed by atoms with Gasteiger partial charge in [-0.15, -0.1) is 0 Å². The van der Waals surface area contributed by atoms with E-state index in [9.17, 15) is 4.79 Å². The van der Waals surface area contributed by atoms with Crippen molar-refractivity contribution in [1.29, 1.82) is 0 Å². The van der Waals surface area contributed by atoms with E-state index in [1.807, 2.05) is 12.1 Å². The lowest BCUT2D eigenvalue weighted by Crippen LogP contribution is -2.41. The number of furan rings is 1. The van der Waals surface area contributed by atoms with Crippen LogP contribution in [0.5, 0.6) is 0 Å². The fourth-order valence-corrected chi connectivity index (χ4v) is 3.30. The molecule has 3 heteroatoms. The average Bonchev–Trinajstić information content (AvgIpc) is 2.78. The van der Waals surface area contributed by atoms with Crippen LogP contribution >= 0.6 is 0 Å². The van der Waals surface area contributed by atoms with Gasteiger partial charge < -0.3 is 4.42 Å². The Morgan fingerprint density at radius 1 is 1.17 bits per heavy atom. The molecule has 3 nitrogen and oxygen atoms in total. The first-order chi connectivity index (χ1) is 8.83. The Bertz CT molecular complexity index is 628. The molecule has 2 aromatic rings. The lowest BCUT2D eigenvalue weighted by molar-refractivity contribution is -0.123. The SMILES string of the molecule is O=C1CCN2CCc3c(oc4ccccc34)C2C1. The molecule has 1 atom stereocenters. The van der Waals surface area contributed by atoms with Gasteiger partial charge in [-0.05, 0) is 12.5 Å². The predicted octanol–water partition coefficient (Wildman–Crippen LogP) is 2.69. The molecule has 0 N–H and O–H groups in total. The number of para-hydroxylation sites is 1. The number of rotatable bonds is 0. The third-order valence-electron chi connectivity index (χ3n) is 4.22. The Labute approximate surface area is 105 Å². The molecule has 0 bridgehead atoms. The summed E-state index contributed by atoms with van der Waals surface area (Å²) in [5, 5.41) is 1.23. The Balaban J connectivity index is 1.88. The van der Waals surface area contributed by atoms with Gasteiger partial charge in [0.15, 0.2) is 0 Å². The van der Waals surface area contributed by atoms with Crippen molar-refractivity contribution in [3.05, 3.63) is 35.6 Å². The Morgan fingerprint density at radius 3 is 2.94 bits per heavy atom. The minimum atomic E-state index is 0.183. The smallest absolute Gasteiger partial charge is 0.136 e. The van der Waals surface area contributed by atoms with Crippen LogP contribution in [-0.2, 0) is 11.2 Å². The van der Waals surface area contributed by atoms with E-state index in [2.05, 4.69) is 17.0 Å². The van der Waals surface area contributed by atoms with E-state index in [1.165, 1.54) is 10.9 Å². The van der Waals surface area contributed by atoms with Crippen molar-refractivity contribution in [3.8, 4) is 0 Å². The lowest BCUT2D eigenvalue weighted by atomic mass is 9.91. The highest BCUT2D eigenvalue weighted by Crippen LogP contribution is 2.40. The molecule has 1 fully saturated rings. The first kappa shape index (κ1) is 10.3. The van der Waals surface area contributed by atoms with Crippen molar-refractivity contribution < 1.29 is 9.21 Å². The van der Waals surface area contributed by atoms with Crippen LogP contribution in [0.3, 0.4) is 0 Å². The minimum Gasteiger partial charge on any atom is -0.459 e. The van der Waals surface area contributed by atoms with Crippen molar-refractivity contribution in [1.82, 2.24) is 4.90 Å². The molecule has 0 amide bonds. The molecule has 1 aromatic carbocycles. The van der Waals surface area contributed by atoms with Crippen LogP contribution in [0, 0.1) is 0 Å². The maximum absolute atomic E-state index is 11.7. The van der Waals surface area contributed by atoms with Crippen LogP contribution < -0.4 is 0 Å². The summed E-state index contributed by atoms with van der Waals surface area (Å²) in [5.41, 5.74) is 2.28. The summed E-state index contributed by atoms with van der Waals surface area (Å²) in [5.74, 6) is 1.40. The van der Waals surface area contributed by atoms with Crippen molar-refractivity contribution in [2.75, 3.05) is 13.1 Å². The number of ketones is 1. The van der Waals surface area contributed by atoms with Crippen LogP contribution in [0.15, 0.2) is 28.7 Å². The summed E-state index contributed by atoms with van der Waals surface area (Å²) in [6, 6.07) is 8.38. The van der Waals surface area contributed by atoms with Gasteiger partial charge in [0.2, 0.25) is 0 Å². The Kier molecular flexibility index (Phi) is 2.12. The molecule has 0 radical (unpaired) electrons. The number of nitrogens with zero attached hydrogens (tertiary/aromatic N) is 1. The maximum atomic E-state index is 11.7. The van der Waals surface area contributed by atoms with Crippen LogP contribution in [0.2, 0.25) is 0 Å². The van der Waals surface area contributed by atoms with Gasteiger partial charge in [0.05, 0.1) is 6.04 Å². The Hall–Kier alpha value is -1.61. The number of carbonyl (C=O) groups is 1. The van der Waals surface area contributed by atoms with E-state index in [4.69, 9.17) is 4.42 Å². The molecule has 4 rings (SSSR count). The van der Waals surface area contributed by atoms with Gasteiger partial charge in [0, 0.05) is 36.9 Å². The first-order valence-electron chi connectivity index (χ1n) is 6.59. The van der Waals surface area contributed by atoms with Crippen molar-refractivity contribution in [2.45, 2.75) is 25.3 Å². The minimum absolute atomic E-state index is 0.183. The van der Waals surface area contributed by atoms with Gasteiger partial charge in [0.1, 0.15) is 17.1 Å². The highest BCUT2D eigenvalue weighted by atomic mass is 16.3. The van der Waals surface area contributed by atoms with Gasteiger partial charge in [-0.3, -0.25) is 9.69 Å². The van der Waals surface area contributed by atoms with Crippen LogP contribution in [0.1, 0.15) is 30.2 Å². The number of Topliss-reactive ketones (excluding diaryl/α,β-unsaturated/α-hetero) is 1. The molecule has 1 unspecified atom stereocenters. The predicted molar refractivity (Wildman–Crippen MR) is 68.5 cm³/mol. The van der Waals surface area contributed by atoms with E-state index in [0.717, 1.165) is 30.9 Å². The number of benzene rings is 1. The number of fused-ring (bicyclic) bond motifs is 5. The summed E-state index contributed by atoms with van der Waals surface area (Å²) < 4.78 is 6.01. The fraction of sp³-hybridized carbons (Fsp3) is 0.400. The topological polar surface area (TPSA) is 33.5 Å². The van der Waals surface area contributed by atoms with Gasteiger partial charge in [-0.25, -0.2) is 0 Å². The highest BCUT2D eigenvalue weighted by Gasteiger charge is 2.36. The van der Waals surface area contributed by atoms with Gasteiger partial charge in [-0.2, -0.15) is 0 Å². The third kappa shape index (κ3) is 1.37. The molecule has 92 valence electrons. The highest BCUT2D eigenvalue weighted by molar-refractivity contribution is 5.84. The molecule has 0 spiro atoms. The molecule has 18 heavy (non-hydrogen) atoms. The zero-order valence-corrected chi connectivity index (χ0v) is 10.2. The van der Waals surface area contributed by atoms with E-state index in [1.54, 1.807) is 0 Å². The van der Waals surface area contributed by atoms with Crippen molar-refractivity contribution >= 4 is 16.8 Å². The second kappa shape index (κ2) is 3.69. The molecule has 1 saturated heterocycles. The molecular formula is C15H15NO2. The van der Waals surface area contributed by atoms with Gasteiger partial charge >= 0.3 is 0 Å². The molecular weight excluding hydrogens is 226 g/mol. The third-order valence-corrected chi connectivity index (χ3v) is 4.22. The zero-order valence-electron chi connectivity index (χ0n) is 10.2.